The normalized spacial score (nSPS) is 22.4. The number of fused-ring (bicyclic) bond motifs is 2. The number of benzene rings is 2. The molecule has 0 bridgehead atoms. The maximum atomic E-state index is 13.2. The standard InChI is InChI=1S/C31H29N5O2/c1-17-28(34-18(2)30(17)29(37)12-22-25-14-32-15-26(22)25)11-24-23-10-19(8-9-27(23)35-31(24)38)20-13-33-36(16-20)21-6-4-3-5-7-21/h3-11,13,16,22,25-26,32,34H,12,14-15H2,1-2H3,(H,35,38)/b24-11-/t22?,25-,26+. The summed E-state index contributed by atoms with van der Waals surface area (Å²) in [5.74, 6) is 1.89. The van der Waals surface area contributed by atoms with Crippen LogP contribution in [0.4, 0.5) is 5.69 Å². The fourth-order valence-electron chi connectivity index (χ4n) is 6.35. The number of anilines is 1. The summed E-state index contributed by atoms with van der Waals surface area (Å²) in [4.78, 5) is 29.6. The molecule has 4 aromatic rings. The second-order valence-corrected chi connectivity index (χ2v) is 10.7. The maximum absolute atomic E-state index is 13.2. The van der Waals surface area contributed by atoms with Crippen LogP contribution in [0, 0.1) is 31.6 Å². The average molecular weight is 504 g/mol. The number of amides is 1. The number of aromatic amines is 1. The second kappa shape index (κ2) is 8.67. The zero-order valence-corrected chi connectivity index (χ0v) is 21.4. The van der Waals surface area contributed by atoms with E-state index in [0.717, 1.165) is 63.7 Å². The van der Waals surface area contributed by atoms with Crippen LogP contribution in [0.1, 0.15) is 39.3 Å². The summed E-state index contributed by atoms with van der Waals surface area (Å²) >= 11 is 0. The van der Waals surface area contributed by atoms with Crippen molar-refractivity contribution in [2.24, 2.45) is 17.8 Å². The monoisotopic (exact) mass is 503 g/mol. The van der Waals surface area contributed by atoms with Crippen molar-refractivity contribution in [3.63, 3.8) is 0 Å². The molecule has 1 aliphatic carbocycles. The topological polar surface area (TPSA) is 91.8 Å². The lowest BCUT2D eigenvalue weighted by atomic mass is 9.98. The van der Waals surface area contributed by atoms with E-state index in [9.17, 15) is 9.59 Å². The molecule has 7 rings (SSSR count). The van der Waals surface area contributed by atoms with E-state index in [2.05, 4.69) is 20.7 Å². The molecule has 4 heterocycles. The SMILES string of the molecule is Cc1[nH]c(/C=C2\C(=O)Nc3ccc(-c4cnn(-c5ccccc5)c4)cc32)c(C)c1C(=O)CC1[C@H]2CNC[C@@H]12. The minimum atomic E-state index is -0.144. The number of hydrogen-bond donors (Lipinski definition) is 3. The number of piperidine rings is 1. The Hall–Kier alpha value is -4.23. The smallest absolute Gasteiger partial charge is 0.256 e. The van der Waals surface area contributed by atoms with E-state index >= 15 is 0 Å². The van der Waals surface area contributed by atoms with E-state index in [4.69, 9.17) is 0 Å². The molecule has 7 nitrogen and oxygen atoms in total. The number of carbonyl (C=O) groups is 2. The highest BCUT2D eigenvalue weighted by Crippen LogP contribution is 2.51. The Bertz CT molecular complexity index is 1620. The van der Waals surface area contributed by atoms with Gasteiger partial charge in [0.25, 0.3) is 5.91 Å². The number of aromatic nitrogens is 3. The van der Waals surface area contributed by atoms with Gasteiger partial charge in [0, 0.05) is 46.4 Å². The summed E-state index contributed by atoms with van der Waals surface area (Å²) in [5, 5.41) is 10.9. The van der Waals surface area contributed by atoms with Gasteiger partial charge in [0.05, 0.1) is 17.5 Å². The van der Waals surface area contributed by atoms with Crippen LogP contribution in [0.2, 0.25) is 0 Å². The van der Waals surface area contributed by atoms with Crippen molar-refractivity contribution in [1.29, 1.82) is 0 Å². The Morgan fingerprint density at radius 1 is 1.08 bits per heavy atom. The average Bonchev–Trinajstić information content (AvgIpc) is 3.45. The van der Waals surface area contributed by atoms with Crippen LogP contribution in [0.5, 0.6) is 0 Å². The van der Waals surface area contributed by atoms with Crippen molar-refractivity contribution in [3.8, 4) is 16.8 Å². The van der Waals surface area contributed by atoms with Gasteiger partial charge in [-0.1, -0.05) is 24.3 Å². The molecule has 1 amide bonds. The molecule has 7 heteroatoms. The zero-order valence-electron chi connectivity index (χ0n) is 21.4. The first-order valence-electron chi connectivity index (χ1n) is 13.2. The van der Waals surface area contributed by atoms with E-state index < -0.39 is 0 Å². The Kier molecular flexibility index (Phi) is 5.23. The molecule has 2 aliphatic heterocycles. The van der Waals surface area contributed by atoms with Gasteiger partial charge < -0.3 is 15.6 Å². The summed E-state index contributed by atoms with van der Waals surface area (Å²) in [6.45, 7) is 5.99. The molecule has 2 fully saturated rings. The first kappa shape index (κ1) is 22.9. The number of ketones is 1. The van der Waals surface area contributed by atoms with Crippen LogP contribution < -0.4 is 10.6 Å². The minimum Gasteiger partial charge on any atom is -0.358 e. The van der Waals surface area contributed by atoms with Crippen LogP contribution in [0.15, 0.2) is 60.9 Å². The van der Waals surface area contributed by atoms with Gasteiger partial charge in [0.2, 0.25) is 0 Å². The van der Waals surface area contributed by atoms with Crippen LogP contribution >= 0.6 is 0 Å². The van der Waals surface area contributed by atoms with Crippen LogP contribution in [0.3, 0.4) is 0 Å². The number of hydrogen-bond acceptors (Lipinski definition) is 4. The molecule has 0 spiro atoms. The van der Waals surface area contributed by atoms with E-state index in [1.54, 1.807) is 0 Å². The number of Topliss-reactive ketones (excluding diaryl/α,β-unsaturated/α-hetero) is 1. The van der Waals surface area contributed by atoms with Gasteiger partial charge in [-0.25, -0.2) is 4.68 Å². The fourth-order valence-corrected chi connectivity index (χ4v) is 6.35. The van der Waals surface area contributed by atoms with Gasteiger partial charge in [-0.15, -0.1) is 0 Å². The number of nitrogens with one attached hydrogen (secondary N) is 3. The molecule has 2 aromatic carbocycles. The lowest BCUT2D eigenvalue weighted by Gasteiger charge is -2.05. The number of aryl methyl sites for hydroxylation is 1. The van der Waals surface area contributed by atoms with E-state index in [-0.39, 0.29) is 11.7 Å². The summed E-state index contributed by atoms with van der Waals surface area (Å²) in [6, 6.07) is 15.9. The number of rotatable bonds is 6. The highest BCUT2D eigenvalue weighted by atomic mass is 16.2. The van der Waals surface area contributed by atoms with Crippen molar-refractivity contribution >= 4 is 29.0 Å². The highest BCUT2D eigenvalue weighted by Gasteiger charge is 2.53. The third kappa shape index (κ3) is 3.73. The molecule has 3 aliphatic rings. The van der Waals surface area contributed by atoms with Crippen LogP contribution in [0.25, 0.3) is 28.5 Å². The summed E-state index contributed by atoms with van der Waals surface area (Å²) in [5.41, 5.74) is 8.51. The van der Waals surface area contributed by atoms with Crippen molar-refractivity contribution in [2.75, 3.05) is 18.4 Å². The van der Waals surface area contributed by atoms with Crippen molar-refractivity contribution < 1.29 is 9.59 Å². The molecule has 1 saturated heterocycles. The largest absolute Gasteiger partial charge is 0.358 e. The molecule has 1 unspecified atom stereocenters. The first-order chi connectivity index (χ1) is 18.5. The molecule has 190 valence electrons. The second-order valence-electron chi connectivity index (χ2n) is 10.7. The van der Waals surface area contributed by atoms with Gasteiger partial charge in [-0.2, -0.15) is 5.10 Å². The zero-order chi connectivity index (χ0) is 26.0. The molecular formula is C31H29N5O2. The van der Waals surface area contributed by atoms with E-state index in [0.29, 0.717) is 29.7 Å². The molecular weight excluding hydrogens is 474 g/mol. The van der Waals surface area contributed by atoms with Crippen molar-refractivity contribution in [1.82, 2.24) is 20.1 Å². The van der Waals surface area contributed by atoms with E-state index in [1.165, 1.54) is 0 Å². The fraction of sp³-hybridized carbons (Fsp3) is 0.258. The minimum absolute atomic E-state index is 0.144. The van der Waals surface area contributed by atoms with Crippen molar-refractivity contribution in [2.45, 2.75) is 20.3 Å². The summed E-state index contributed by atoms with van der Waals surface area (Å²) < 4.78 is 1.84. The van der Waals surface area contributed by atoms with Gasteiger partial charge in [0.1, 0.15) is 0 Å². The van der Waals surface area contributed by atoms with Crippen LogP contribution in [-0.4, -0.2) is 39.5 Å². The maximum Gasteiger partial charge on any atom is 0.256 e. The van der Waals surface area contributed by atoms with Gasteiger partial charge in [-0.3, -0.25) is 9.59 Å². The molecule has 1 saturated carbocycles. The van der Waals surface area contributed by atoms with E-state index in [1.807, 2.05) is 85.5 Å². The van der Waals surface area contributed by atoms with Crippen molar-refractivity contribution in [3.05, 3.63) is 89.0 Å². The highest BCUT2D eigenvalue weighted by molar-refractivity contribution is 6.35. The summed E-state index contributed by atoms with van der Waals surface area (Å²) in [6.07, 6.45) is 6.32. The molecule has 38 heavy (non-hydrogen) atoms. The lowest BCUT2D eigenvalue weighted by molar-refractivity contribution is -0.110. The number of para-hydroxylation sites is 1. The van der Waals surface area contributed by atoms with Gasteiger partial charge >= 0.3 is 0 Å². The predicted octanol–water partition coefficient (Wildman–Crippen LogP) is 5.02. The molecule has 3 N–H and O–H groups in total. The number of nitrogens with zero attached hydrogens (tertiary/aromatic N) is 2. The summed E-state index contributed by atoms with van der Waals surface area (Å²) in [7, 11) is 0. The van der Waals surface area contributed by atoms with Crippen LogP contribution in [-0.2, 0) is 4.79 Å². The van der Waals surface area contributed by atoms with Gasteiger partial charge in [-0.05, 0) is 86.2 Å². The Balaban J connectivity index is 1.19. The Labute approximate surface area is 221 Å². The third-order valence-corrected chi connectivity index (χ3v) is 8.47. The first-order valence-corrected chi connectivity index (χ1v) is 13.2. The Morgan fingerprint density at radius 2 is 1.87 bits per heavy atom. The Morgan fingerprint density at radius 3 is 2.66 bits per heavy atom. The lowest BCUT2D eigenvalue weighted by Crippen LogP contribution is -2.16. The quantitative estimate of drug-likeness (QED) is 0.255. The predicted molar refractivity (Wildman–Crippen MR) is 148 cm³/mol. The third-order valence-electron chi connectivity index (χ3n) is 8.47. The number of carbonyl (C=O) groups excluding carboxylic acids is 2. The molecule has 0 radical (unpaired) electrons. The molecule has 3 atom stereocenters. The van der Waals surface area contributed by atoms with Gasteiger partial charge in [0.15, 0.2) is 5.78 Å². The number of H-pyrrole nitrogens is 1. The molecule has 2 aromatic heterocycles.